The van der Waals surface area contributed by atoms with Crippen molar-refractivity contribution in [3.63, 3.8) is 0 Å². The lowest BCUT2D eigenvalue weighted by Gasteiger charge is -2.06. The number of rotatable bonds is 3. The number of hydrogen-bond acceptors (Lipinski definition) is 3. The molecule has 0 radical (unpaired) electrons. The number of hydrogen-bond donors (Lipinski definition) is 1. The molecule has 1 aromatic carbocycles. The minimum Gasteiger partial charge on any atom is -0.313 e. The predicted octanol–water partition coefficient (Wildman–Crippen LogP) is 1.13. The summed E-state index contributed by atoms with van der Waals surface area (Å²) in [5.41, 5.74) is 0.466. The van der Waals surface area contributed by atoms with E-state index in [-0.39, 0.29) is 5.82 Å². The van der Waals surface area contributed by atoms with Crippen LogP contribution in [-0.2, 0) is 6.54 Å². The smallest absolute Gasteiger partial charge is 0.151 e. The Kier molecular flexibility index (Phi) is 2.73. The van der Waals surface area contributed by atoms with Crippen molar-refractivity contribution >= 4 is 0 Å². The highest BCUT2D eigenvalue weighted by Gasteiger charge is 2.08. The molecule has 2 aromatic rings. The molecule has 0 saturated heterocycles. The van der Waals surface area contributed by atoms with Crippen molar-refractivity contribution in [3.05, 3.63) is 42.2 Å². The third-order valence-electron chi connectivity index (χ3n) is 2.07. The number of nitrogens with zero attached hydrogens (tertiary/aromatic N) is 3. The summed E-state index contributed by atoms with van der Waals surface area (Å²) in [6.07, 6.45) is 1.51. The summed E-state index contributed by atoms with van der Waals surface area (Å²) in [4.78, 5) is 0. The van der Waals surface area contributed by atoms with Gasteiger partial charge in [-0.15, -0.1) is 10.2 Å². The van der Waals surface area contributed by atoms with Crippen LogP contribution in [0.15, 0.2) is 30.6 Å². The van der Waals surface area contributed by atoms with Crippen molar-refractivity contribution < 1.29 is 4.39 Å². The molecule has 1 N–H and O–H groups in total. The van der Waals surface area contributed by atoms with Crippen LogP contribution < -0.4 is 5.32 Å². The highest BCUT2D eigenvalue weighted by molar-refractivity contribution is 5.33. The molecule has 78 valence electrons. The summed E-state index contributed by atoms with van der Waals surface area (Å²) in [5.74, 6) is 0.400. The topological polar surface area (TPSA) is 42.7 Å². The van der Waals surface area contributed by atoms with E-state index < -0.39 is 0 Å². The van der Waals surface area contributed by atoms with Gasteiger partial charge in [-0.3, -0.25) is 4.57 Å². The van der Waals surface area contributed by atoms with E-state index in [1.54, 1.807) is 29.8 Å². The lowest BCUT2D eigenvalue weighted by molar-refractivity contribution is 0.612. The Labute approximate surface area is 86.8 Å². The minimum atomic E-state index is -0.283. The lowest BCUT2D eigenvalue weighted by atomic mass is 10.3. The van der Waals surface area contributed by atoms with Crippen molar-refractivity contribution in [2.45, 2.75) is 6.54 Å². The molecule has 4 nitrogen and oxygen atoms in total. The van der Waals surface area contributed by atoms with Gasteiger partial charge in [-0.2, -0.15) is 0 Å². The van der Waals surface area contributed by atoms with Crippen molar-refractivity contribution in [2.75, 3.05) is 7.05 Å². The number of para-hydroxylation sites is 1. The van der Waals surface area contributed by atoms with E-state index in [4.69, 9.17) is 0 Å². The number of benzene rings is 1. The second-order valence-corrected chi connectivity index (χ2v) is 3.10. The Morgan fingerprint density at radius 2 is 2.20 bits per heavy atom. The molecule has 0 bridgehead atoms. The van der Waals surface area contributed by atoms with Crippen LogP contribution in [0, 0.1) is 5.82 Å². The van der Waals surface area contributed by atoms with Gasteiger partial charge < -0.3 is 5.32 Å². The first kappa shape index (κ1) is 9.79. The predicted molar refractivity (Wildman–Crippen MR) is 54.1 cm³/mol. The average Bonchev–Trinajstić information content (AvgIpc) is 2.67. The van der Waals surface area contributed by atoms with Crippen LogP contribution in [0.25, 0.3) is 5.69 Å². The van der Waals surface area contributed by atoms with E-state index in [2.05, 4.69) is 15.5 Å². The molecule has 0 aliphatic heterocycles. The molecule has 0 saturated carbocycles. The van der Waals surface area contributed by atoms with Crippen LogP contribution in [0.5, 0.6) is 0 Å². The maximum atomic E-state index is 13.5. The van der Waals surface area contributed by atoms with E-state index >= 15 is 0 Å². The quantitative estimate of drug-likeness (QED) is 0.818. The summed E-state index contributed by atoms with van der Waals surface area (Å²) >= 11 is 0. The van der Waals surface area contributed by atoms with Crippen LogP contribution in [0.4, 0.5) is 4.39 Å². The maximum absolute atomic E-state index is 13.5. The van der Waals surface area contributed by atoms with Gasteiger partial charge in [-0.05, 0) is 19.2 Å². The molecule has 1 heterocycles. The Bertz CT molecular complexity index is 452. The monoisotopic (exact) mass is 206 g/mol. The van der Waals surface area contributed by atoms with E-state index in [1.165, 1.54) is 12.4 Å². The minimum absolute atomic E-state index is 0.283. The van der Waals surface area contributed by atoms with Gasteiger partial charge in [0.15, 0.2) is 5.82 Å². The first-order valence-electron chi connectivity index (χ1n) is 4.61. The SMILES string of the molecule is CNCc1nncn1-c1ccccc1F. The molecule has 0 fully saturated rings. The summed E-state index contributed by atoms with van der Waals surface area (Å²) in [5, 5.41) is 10.6. The van der Waals surface area contributed by atoms with Crippen molar-refractivity contribution in [1.29, 1.82) is 0 Å². The summed E-state index contributed by atoms with van der Waals surface area (Å²) in [7, 11) is 1.81. The molecule has 1 aromatic heterocycles. The van der Waals surface area contributed by atoms with Gasteiger partial charge in [0.25, 0.3) is 0 Å². The van der Waals surface area contributed by atoms with Crippen LogP contribution in [0.1, 0.15) is 5.82 Å². The van der Waals surface area contributed by atoms with E-state index in [1.807, 2.05) is 0 Å². The third kappa shape index (κ3) is 1.87. The van der Waals surface area contributed by atoms with Crippen molar-refractivity contribution in [2.24, 2.45) is 0 Å². The van der Waals surface area contributed by atoms with E-state index in [9.17, 15) is 4.39 Å². The Morgan fingerprint density at radius 3 is 2.93 bits per heavy atom. The zero-order valence-electron chi connectivity index (χ0n) is 8.31. The average molecular weight is 206 g/mol. The first-order chi connectivity index (χ1) is 7.33. The zero-order valence-corrected chi connectivity index (χ0v) is 8.31. The fourth-order valence-electron chi connectivity index (χ4n) is 1.39. The Hall–Kier alpha value is -1.75. The normalized spacial score (nSPS) is 10.5. The molecule has 5 heteroatoms. The number of halogens is 1. The molecule has 0 aliphatic carbocycles. The van der Waals surface area contributed by atoms with Crippen LogP contribution in [-0.4, -0.2) is 21.8 Å². The summed E-state index contributed by atoms with van der Waals surface area (Å²) < 4.78 is 15.1. The first-order valence-corrected chi connectivity index (χ1v) is 4.61. The number of nitrogens with one attached hydrogen (secondary N) is 1. The van der Waals surface area contributed by atoms with E-state index in [0.717, 1.165) is 0 Å². The Balaban J connectivity index is 2.45. The van der Waals surface area contributed by atoms with Crippen LogP contribution >= 0.6 is 0 Å². The van der Waals surface area contributed by atoms with Crippen molar-refractivity contribution in [1.82, 2.24) is 20.1 Å². The molecular formula is C10H11FN4. The standard InChI is InChI=1S/C10H11FN4/c1-12-6-10-14-13-7-15(10)9-5-3-2-4-8(9)11/h2-5,7,12H,6H2,1H3. The van der Waals surface area contributed by atoms with Gasteiger partial charge in [-0.25, -0.2) is 4.39 Å². The third-order valence-corrected chi connectivity index (χ3v) is 2.07. The second-order valence-electron chi connectivity index (χ2n) is 3.10. The maximum Gasteiger partial charge on any atom is 0.151 e. The largest absolute Gasteiger partial charge is 0.313 e. The second kappa shape index (κ2) is 4.18. The molecular weight excluding hydrogens is 195 g/mol. The zero-order chi connectivity index (χ0) is 10.7. The number of aromatic nitrogens is 3. The van der Waals surface area contributed by atoms with Gasteiger partial charge >= 0.3 is 0 Å². The van der Waals surface area contributed by atoms with Crippen LogP contribution in [0.3, 0.4) is 0 Å². The van der Waals surface area contributed by atoms with Crippen LogP contribution in [0.2, 0.25) is 0 Å². The molecule has 15 heavy (non-hydrogen) atoms. The Morgan fingerprint density at radius 1 is 1.40 bits per heavy atom. The van der Waals surface area contributed by atoms with Gasteiger partial charge in [0.05, 0.1) is 12.2 Å². The summed E-state index contributed by atoms with van der Waals surface area (Å²) in [6.45, 7) is 0.550. The van der Waals surface area contributed by atoms with Gasteiger partial charge in [-0.1, -0.05) is 12.1 Å². The molecule has 0 unspecified atom stereocenters. The van der Waals surface area contributed by atoms with Gasteiger partial charge in [0, 0.05) is 0 Å². The fraction of sp³-hybridized carbons (Fsp3) is 0.200. The molecule has 0 spiro atoms. The lowest BCUT2D eigenvalue weighted by Crippen LogP contribution is -2.11. The highest BCUT2D eigenvalue weighted by atomic mass is 19.1. The molecule has 0 aliphatic rings. The van der Waals surface area contributed by atoms with Gasteiger partial charge in [0.2, 0.25) is 0 Å². The molecule has 0 atom stereocenters. The summed E-state index contributed by atoms with van der Waals surface area (Å²) in [6, 6.07) is 6.54. The van der Waals surface area contributed by atoms with E-state index in [0.29, 0.717) is 18.1 Å². The van der Waals surface area contributed by atoms with Gasteiger partial charge in [0.1, 0.15) is 12.1 Å². The highest BCUT2D eigenvalue weighted by Crippen LogP contribution is 2.13. The molecule has 0 amide bonds. The fourth-order valence-corrected chi connectivity index (χ4v) is 1.39. The van der Waals surface area contributed by atoms with Crippen molar-refractivity contribution in [3.8, 4) is 5.69 Å². The molecule has 2 rings (SSSR count).